The van der Waals surface area contributed by atoms with Gasteiger partial charge < -0.3 is 9.88 Å². The van der Waals surface area contributed by atoms with Gasteiger partial charge in [-0.1, -0.05) is 47.5 Å². The third-order valence-corrected chi connectivity index (χ3v) is 5.45. The first-order chi connectivity index (χ1) is 11.6. The standard InChI is InChI=1S/C16H18Cl2N4OS/c17-12-6-5-11(13(18)8-12)9-19-15(23)10-24-16-21-20-14-4-2-1-3-7-22(14)16/h5-6,8H,1-4,7,9-10H2,(H,19,23). The van der Waals surface area contributed by atoms with Gasteiger partial charge in [0.25, 0.3) is 0 Å². The summed E-state index contributed by atoms with van der Waals surface area (Å²) in [6, 6.07) is 5.25. The number of aromatic nitrogens is 3. The van der Waals surface area contributed by atoms with Gasteiger partial charge in [0.2, 0.25) is 5.91 Å². The van der Waals surface area contributed by atoms with E-state index in [4.69, 9.17) is 23.2 Å². The fourth-order valence-corrected chi connectivity index (χ4v) is 3.89. The maximum Gasteiger partial charge on any atom is 0.230 e. The Kier molecular flexibility index (Phi) is 6.03. The first-order valence-corrected chi connectivity index (χ1v) is 9.63. The van der Waals surface area contributed by atoms with Crippen molar-refractivity contribution in [3.05, 3.63) is 39.6 Å². The van der Waals surface area contributed by atoms with Crippen molar-refractivity contribution >= 4 is 40.9 Å². The summed E-state index contributed by atoms with van der Waals surface area (Å²) in [6.07, 6.45) is 4.48. The first-order valence-electron chi connectivity index (χ1n) is 7.89. The Morgan fingerprint density at radius 1 is 1.25 bits per heavy atom. The maximum atomic E-state index is 12.1. The number of aryl methyl sites for hydroxylation is 1. The highest BCUT2D eigenvalue weighted by Crippen LogP contribution is 2.22. The summed E-state index contributed by atoms with van der Waals surface area (Å²) in [7, 11) is 0. The van der Waals surface area contributed by atoms with E-state index in [0.29, 0.717) is 22.3 Å². The molecule has 3 rings (SSSR count). The van der Waals surface area contributed by atoms with Gasteiger partial charge >= 0.3 is 0 Å². The molecule has 2 heterocycles. The van der Waals surface area contributed by atoms with E-state index in [2.05, 4.69) is 20.1 Å². The average Bonchev–Trinajstić information content (AvgIpc) is 2.78. The Bertz CT molecular complexity index is 735. The van der Waals surface area contributed by atoms with Crippen molar-refractivity contribution in [2.75, 3.05) is 5.75 Å². The Balaban J connectivity index is 1.52. The molecule has 1 N–H and O–H groups in total. The highest BCUT2D eigenvalue weighted by Gasteiger charge is 2.16. The number of amides is 1. The molecule has 1 aromatic carbocycles. The molecule has 2 aromatic rings. The smallest absolute Gasteiger partial charge is 0.230 e. The molecule has 128 valence electrons. The van der Waals surface area contributed by atoms with Gasteiger partial charge in [0.05, 0.1) is 5.75 Å². The average molecular weight is 385 g/mol. The minimum Gasteiger partial charge on any atom is -0.351 e. The Labute approximate surface area is 155 Å². The highest BCUT2D eigenvalue weighted by molar-refractivity contribution is 7.99. The van der Waals surface area contributed by atoms with Crippen LogP contribution >= 0.6 is 35.0 Å². The third kappa shape index (κ3) is 4.43. The summed E-state index contributed by atoms with van der Waals surface area (Å²) in [5.41, 5.74) is 0.843. The van der Waals surface area contributed by atoms with Crippen molar-refractivity contribution in [2.24, 2.45) is 0 Å². The van der Waals surface area contributed by atoms with Crippen molar-refractivity contribution in [3.8, 4) is 0 Å². The van der Waals surface area contributed by atoms with Crippen LogP contribution in [-0.4, -0.2) is 26.4 Å². The molecule has 1 aliphatic heterocycles. The summed E-state index contributed by atoms with van der Waals surface area (Å²) in [4.78, 5) is 12.1. The number of halogens is 2. The molecular formula is C16H18Cl2N4OS. The van der Waals surface area contributed by atoms with Gasteiger partial charge in [-0.3, -0.25) is 4.79 Å². The Hall–Kier alpha value is -1.24. The molecule has 24 heavy (non-hydrogen) atoms. The van der Waals surface area contributed by atoms with E-state index < -0.39 is 0 Å². The van der Waals surface area contributed by atoms with Crippen molar-refractivity contribution in [2.45, 2.75) is 43.9 Å². The molecule has 1 amide bonds. The molecule has 0 fully saturated rings. The van der Waals surface area contributed by atoms with Crippen LogP contribution in [0.25, 0.3) is 0 Å². The van der Waals surface area contributed by atoms with Crippen LogP contribution in [0, 0.1) is 0 Å². The SMILES string of the molecule is O=C(CSc1nnc2n1CCCCC2)NCc1ccc(Cl)cc1Cl. The van der Waals surface area contributed by atoms with Crippen LogP contribution in [0.5, 0.6) is 0 Å². The quantitative estimate of drug-likeness (QED) is 0.797. The topological polar surface area (TPSA) is 59.8 Å². The number of rotatable bonds is 5. The van der Waals surface area contributed by atoms with Crippen LogP contribution < -0.4 is 5.32 Å². The number of hydrogen-bond acceptors (Lipinski definition) is 4. The van der Waals surface area contributed by atoms with Crippen LogP contribution in [0.15, 0.2) is 23.4 Å². The van der Waals surface area contributed by atoms with Gasteiger partial charge in [-0.05, 0) is 30.5 Å². The number of benzene rings is 1. The van der Waals surface area contributed by atoms with Gasteiger partial charge in [0.15, 0.2) is 5.16 Å². The van der Waals surface area contributed by atoms with E-state index in [1.807, 2.05) is 6.07 Å². The second kappa shape index (κ2) is 8.23. The molecule has 0 saturated heterocycles. The number of hydrogen-bond donors (Lipinski definition) is 1. The summed E-state index contributed by atoms with van der Waals surface area (Å²) in [5, 5.41) is 13.3. The van der Waals surface area contributed by atoms with E-state index in [9.17, 15) is 4.79 Å². The molecule has 0 bridgehead atoms. The molecule has 1 aliphatic rings. The van der Waals surface area contributed by atoms with Crippen LogP contribution in [0.4, 0.5) is 0 Å². The zero-order chi connectivity index (χ0) is 16.9. The van der Waals surface area contributed by atoms with Crippen molar-refractivity contribution in [3.63, 3.8) is 0 Å². The fourth-order valence-electron chi connectivity index (χ4n) is 2.61. The largest absolute Gasteiger partial charge is 0.351 e. The molecule has 0 saturated carbocycles. The van der Waals surface area contributed by atoms with Crippen molar-refractivity contribution in [1.82, 2.24) is 20.1 Å². The number of nitrogens with one attached hydrogen (secondary N) is 1. The Morgan fingerprint density at radius 2 is 2.12 bits per heavy atom. The van der Waals surface area contributed by atoms with Gasteiger partial charge in [-0.15, -0.1) is 10.2 Å². The normalized spacial score (nSPS) is 14.1. The number of carbonyl (C=O) groups is 1. The lowest BCUT2D eigenvalue weighted by Crippen LogP contribution is -2.24. The predicted octanol–water partition coefficient (Wildman–Crippen LogP) is 3.72. The zero-order valence-electron chi connectivity index (χ0n) is 13.1. The number of nitrogens with zero attached hydrogens (tertiary/aromatic N) is 3. The minimum absolute atomic E-state index is 0.0583. The minimum atomic E-state index is -0.0583. The molecule has 5 nitrogen and oxygen atoms in total. The zero-order valence-corrected chi connectivity index (χ0v) is 15.4. The third-order valence-electron chi connectivity index (χ3n) is 3.90. The number of fused-ring (bicyclic) bond motifs is 1. The highest BCUT2D eigenvalue weighted by atomic mass is 35.5. The van der Waals surface area contributed by atoms with E-state index in [1.54, 1.807) is 12.1 Å². The number of carbonyl (C=O) groups excluding carboxylic acids is 1. The summed E-state index contributed by atoms with van der Waals surface area (Å²) in [6.45, 7) is 1.32. The first kappa shape index (κ1) is 17.6. The number of thioether (sulfide) groups is 1. The molecule has 0 unspecified atom stereocenters. The molecule has 8 heteroatoms. The fraction of sp³-hybridized carbons (Fsp3) is 0.438. The predicted molar refractivity (Wildman–Crippen MR) is 96.6 cm³/mol. The Morgan fingerprint density at radius 3 is 2.96 bits per heavy atom. The lowest BCUT2D eigenvalue weighted by Gasteiger charge is -2.08. The molecule has 1 aromatic heterocycles. The van der Waals surface area contributed by atoms with E-state index in [1.165, 1.54) is 18.2 Å². The lowest BCUT2D eigenvalue weighted by atomic mass is 10.2. The second-order valence-electron chi connectivity index (χ2n) is 5.66. The molecule has 0 atom stereocenters. The lowest BCUT2D eigenvalue weighted by molar-refractivity contribution is -0.118. The van der Waals surface area contributed by atoms with Gasteiger partial charge in [0, 0.05) is 29.6 Å². The van der Waals surface area contributed by atoms with Crippen LogP contribution in [0.1, 0.15) is 30.7 Å². The van der Waals surface area contributed by atoms with Crippen LogP contribution in [0.2, 0.25) is 10.0 Å². The van der Waals surface area contributed by atoms with Crippen LogP contribution in [-0.2, 0) is 24.3 Å². The summed E-state index contributed by atoms with van der Waals surface area (Å²) >= 11 is 13.4. The monoisotopic (exact) mass is 384 g/mol. The molecule has 0 radical (unpaired) electrons. The van der Waals surface area contributed by atoms with Gasteiger partial charge in [-0.25, -0.2) is 0 Å². The van der Waals surface area contributed by atoms with E-state index >= 15 is 0 Å². The summed E-state index contributed by atoms with van der Waals surface area (Å²) in [5.74, 6) is 1.28. The van der Waals surface area contributed by atoms with Gasteiger partial charge in [0.1, 0.15) is 5.82 Å². The summed E-state index contributed by atoms with van der Waals surface area (Å²) < 4.78 is 2.14. The van der Waals surface area contributed by atoms with E-state index in [0.717, 1.165) is 42.4 Å². The molecule has 0 spiro atoms. The molecular weight excluding hydrogens is 367 g/mol. The second-order valence-corrected chi connectivity index (χ2v) is 7.45. The van der Waals surface area contributed by atoms with E-state index in [-0.39, 0.29) is 5.91 Å². The maximum absolute atomic E-state index is 12.1. The van der Waals surface area contributed by atoms with Crippen LogP contribution in [0.3, 0.4) is 0 Å². The van der Waals surface area contributed by atoms with Crippen molar-refractivity contribution in [1.29, 1.82) is 0 Å². The van der Waals surface area contributed by atoms with Crippen molar-refractivity contribution < 1.29 is 4.79 Å². The van der Waals surface area contributed by atoms with Gasteiger partial charge in [-0.2, -0.15) is 0 Å². The molecule has 0 aliphatic carbocycles.